The van der Waals surface area contributed by atoms with Gasteiger partial charge in [-0.2, -0.15) is 0 Å². The van der Waals surface area contributed by atoms with E-state index in [0.29, 0.717) is 19.6 Å². The third-order valence-corrected chi connectivity index (χ3v) is 4.41. The highest BCUT2D eigenvalue weighted by Crippen LogP contribution is 2.15. The minimum Gasteiger partial charge on any atom is -0.378 e. The molecule has 0 atom stereocenters. The van der Waals surface area contributed by atoms with Crippen molar-refractivity contribution in [2.75, 3.05) is 63.9 Å². The monoisotopic (exact) mass is 304 g/mol. The summed E-state index contributed by atoms with van der Waals surface area (Å²) in [6, 6.07) is 4.11. The first-order valence-electron chi connectivity index (χ1n) is 8.06. The van der Waals surface area contributed by atoms with Crippen molar-refractivity contribution in [2.24, 2.45) is 0 Å². The van der Waals surface area contributed by atoms with Crippen LogP contribution in [0, 0.1) is 0 Å². The van der Waals surface area contributed by atoms with E-state index in [2.05, 4.69) is 26.9 Å². The lowest BCUT2D eigenvalue weighted by atomic mass is 10.2. The van der Waals surface area contributed by atoms with Crippen LogP contribution in [0.15, 0.2) is 24.5 Å². The van der Waals surface area contributed by atoms with E-state index >= 15 is 0 Å². The van der Waals surface area contributed by atoms with Gasteiger partial charge in [-0.1, -0.05) is 0 Å². The second kappa shape index (κ2) is 7.56. The summed E-state index contributed by atoms with van der Waals surface area (Å²) < 4.78 is 5.28. The summed E-state index contributed by atoms with van der Waals surface area (Å²) in [7, 11) is 0. The fourth-order valence-electron chi connectivity index (χ4n) is 3.01. The lowest BCUT2D eigenvalue weighted by molar-refractivity contribution is -0.135. The van der Waals surface area contributed by atoms with Crippen LogP contribution in [0.25, 0.3) is 0 Å². The van der Waals surface area contributed by atoms with Gasteiger partial charge in [0.05, 0.1) is 13.2 Å². The Morgan fingerprint density at radius 3 is 2.41 bits per heavy atom. The largest absolute Gasteiger partial charge is 0.378 e. The van der Waals surface area contributed by atoms with Crippen LogP contribution in [-0.2, 0) is 9.53 Å². The van der Waals surface area contributed by atoms with Crippen molar-refractivity contribution in [3.05, 3.63) is 24.5 Å². The average Bonchev–Trinajstić information content (AvgIpc) is 2.61. The van der Waals surface area contributed by atoms with Crippen LogP contribution in [0.1, 0.15) is 6.42 Å². The van der Waals surface area contributed by atoms with Crippen LogP contribution in [-0.4, -0.2) is 79.7 Å². The van der Waals surface area contributed by atoms with Crippen LogP contribution < -0.4 is 4.90 Å². The van der Waals surface area contributed by atoms with E-state index in [1.54, 1.807) is 0 Å². The summed E-state index contributed by atoms with van der Waals surface area (Å²) in [5, 5.41) is 0. The van der Waals surface area contributed by atoms with Gasteiger partial charge >= 0.3 is 0 Å². The number of aromatic nitrogens is 1. The van der Waals surface area contributed by atoms with Gasteiger partial charge in [-0.3, -0.25) is 14.7 Å². The first kappa shape index (κ1) is 15.2. The van der Waals surface area contributed by atoms with Crippen molar-refractivity contribution < 1.29 is 9.53 Å². The Morgan fingerprint density at radius 2 is 1.73 bits per heavy atom. The molecule has 1 aromatic heterocycles. The molecule has 0 aromatic carbocycles. The number of ether oxygens (including phenoxy) is 1. The maximum absolute atomic E-state index is 12.2. The van der Waals surface area contributed by atoms with E-state index in [1.807, 2.05) is 17.3 Å². The molecule has 2 fully saturated rings. The fraction of sp³-hybridized carbons (Fsp3) is 0.625. The van der Waals surface area contributed by atoms with E-state index in [-0.39, 0.29) is 5.91 Å². The Kier molecular flexibility index (Phi) is 5.24. The highest BCUT2D eigenvalue weighted by Gasteiger charge is 2.20. The molecule has 1 amide bonds. The van der Waals surface area contributed by atoms with Crippen molar-refractivity contribution in [3.8, 4) is 0 Å². The topological polar surface area (TPSA) is 48.9 Å². The van der Waals surface area contributed by atoms with E-state index in [1.165, 1.54) is 5.69 Å². The maximum Gasteiger partial charge on any atom is 0.224 e. The van der Waals surface area contributed by atoms with Crippen molar-refractivity contribution in [1.82, 2.24) is 14.8 Å². The molecular weight excluding hydrogens is 280 g/mol. The zero-order valence-electron chi connectivity index (χ0n) is 13.0. The number of amides is 1. The molecule has 1 aromatic rings. The molecule has 3 heterocycles. The van der Waals surface area contributed by atoms with Crippen molar-refractivity contribution in [1.29, 1.82) is 0 Å². The van der Waals surface area contributed by atoms with Crippen LogP contribution in [0.3, 0.4) is 0 Å². The molecule has 22 heavy (non-hydrogen) atoms. The van der Waals surface area contributed by atoms with Crippen LogP contribution in [0.4, 0.5) is 5.69 Å². The first-order valence-corrected chi connectivity index (χ1v) is 8.06. The Morgan fingerprint density at radius 1 is 1.05 bits per heavy atom. The Balaban J connectivity index is 1.39. The number of anilines is 1. The molecule has 2 saturated heterocycles. The number of nitrogens with zero attached hydrogens (tertiary/aromatic N) is 4. The second-order valence-corrected chi connectivity index (χ2v) is 5.78. The Labute approximate surface area is 131 Å². The smallest absolute Gasteiger partial charge is 0.224 e. The molecule has 2 aliphatic heterocycles. The summed E-state index contributed by atoms with van der Waals surface area (Å²) in [6.45, 7) is 7.75. The molecular formula is C16H24N4O2. The second-order valence-electron chi connectivity index (χ2n) is 5.78. The van der Waals surface area contributed by atoms with Crippen LogP contribution in [0.2, 0.25) is 0 Å². The van der Waals surface area contributed by atoms with E-state index in [9.17, 15) is 4.79 Å². The van der Waals surface area contributed by atoms with Gasteiger partial charge in [0.15, 0.2) is 0 Å². The van der Waals surface area contributed by atoms with E-state index < -0.39 is 0 Å². The molecule has 0 spiro atoms. The Hall–Kier alpha value is -1.66. The number of hydrogen-bond donors (Lipinski definition) is 0. The van der Waals surface area contributed by atoms with Crippen molar-refractivity contribution >= 4 is 11.6 Å². The first-order chi connectivity index (χ1) is 10.8. The highest BCUT2D eigenvalue weighted by atomic mass is 16.5. The van der Waals surface area contributed by atoms with Gasteiger partial charge in [0, 0.05) is 70.3 Å². The van der Waals surface area contributed by atoms with Crippen molar-refractivity contribution in [3.63, 3.8) is 0 Å². The molecule has 6 heteroatoms. The predicted octanol–water partition coefficient (Wildman–Crippen LogP) is 0.453. The third-order valence-electron chi connectivity index (χ3n) is 4.41. The van der Waals surface area contributed by atoms with Crippen LogP contribution >= 0.6 is 0 Å². The summed E-state index contributed by atoms with van der Waals surface area (Å²) in [6.07, 6.45) is 4.29. The average molecular weight is 304 g/mol. The molecule has 0 N–H and O–H groups in total. The molecule has 0 radical (unpaired) electrons. The quantitative estimate of drug-likeness (QED) is 0.808. The fourth-order valence-corrected chi connectivity index (χ4v) is 3.01. The third kappa shape index (κ3) is 3.96. The zero-order valence-corrected chi connectivity index (χ0v) is 13.0. The number of morpholine rings is 1. The van der Waals surface area contributed by atoms with Gasteiger partial charge in [0.25, 0.3) is 0 Å². The molecule has 3 rings (SSSR count). The standard InChI is InChI=1S/C16H24N4O2/c21-16(20-11-13-22-14-12-20)3-6-18-7-9-19(10-8-18)15-1-4-17-5-2-15/h1-2,4-5H,3,6-14H2. The SMILES string of the molecule is O=C(CCN1CCN(c2ccncc2)CC1)N1CCOCC1. The maximum atomic E-state index is 12.2. The minimum absolute atomic E-state index is 0.264. The van der Waals surface area contributed by atoms with Crippen LogP contribution in [0.5, 0.6) is 0 Å². The summed E-state index contributed by atoms with van der Waals surface area (Å²) >= 11 is 0. The summed E-state index contributed by atoms with van der Waals surface area (Å²) in [5.41, 5.74) is 1.24. The lowest BCUT2D eigenvalue weighted by Gasteiger charge is -2.36. The van der Waals surface area contributed by atoms with Gasteiger partial charge in [-0.25, -0.2) is 0 Å². The minimum atomic E-state index is 0.264. The number of pyridine rings is 1. The zero-order chi connectivity index (χ0) is 15.2. The van der Waals surface area contributed by atoms with Crippen molar-refractivity contribution in [2.45, 2.75) is 6.42 Å². The molecule has 120 valence electrons. The lowest BCUT2D eigenvalue weighted by Crippen LogP contribution is -2.48. The molecule has 6 nitrogen and oxygen atoms in total. The molecule has 0 saturated carbocycles. The Bertz CT molecular complexity index is 468. The number of carbonyl (C=O) groups excluding carboxylic acids is 1. The molecule has 0 bridgehead atoms. The molecule has 2 aliphatic rings. The van der Waals surface area contributed by atoms with E-state index in [0.717, 1.165) is 45.8 Å². The normalized spacial score (nSPS) is 20.2. The van der Waals surface area contributed by atoms with Gasteiger partial charge in [-0.15, -0.1) is 0 Å². The van der Waals surface area contributed by atoms with E-state index in [4.69, 9.17) is 4.74 Å². The number of hydrogen-bond acceptors (Lipinski definition) is 5. The number of piperazine rings is 1. The number of carbonyl (C=O) groups is 1. The number of rotatable bonds is 4. The van der Waals surface area contributed by atoms with Gasteiger partial charge in [-0.05, 0) is 12.1 Å². The van der Waals surface area contributed by atoms with Gasteiger partial charge in [0.2, 0.25) is 5.91 Å². The predicted molar refractivity (Wildman–Crippen MR) is 84.9 cm³/mol. The molecule has 0 aliphatic carbocycles. The summed E-state index contributed by atoms with van der Waals surface area (Å²) in [5.74, 6) is 0.264. The molecule has 0 unspecified atom stereocenters. The van der Waals surface area contributed by atoms with Gasteiger partial charge in [0.1, 0.15) is 0 Å². The highest BCUT2D eigenvalue weighted by molar-refractivity contribution is 5.76. The summed E-state index contributed by atoms with van der Waals surface area (Å²) in [4.78, 5) is 22.9. The van der Waals surface area contributed by atoms with Gasteiger partial charge < -0.3 is 14.5 Å².